The highest BCUT2D eigenvalue weighted by Crippen LogP contribution is 2.58. The number of rotatable bonds is 1. The van der Waals surface area contributed by atoms with Crippen molar-refractivity contribution in [2.45, 2.75) is 27.7 Å². The highest BCUT2D eigenvalue weighted by Gasteiger charge is 2.42. The zero-order chi connectivity index (χ0) is 22.1. The van der Waals surface area contributed by atoms with Crippen LogP contribution in [0.1, 0.15) is 22.3 Å². The molecule has 4 aromatic rings. The van der Waals surface area contributed by atoms with Gasteiger partial charge in [-0.3, -0.25) is 4.57 Å². The third kappa shape index (κ3) is 2.79. The lowest BCUT2D eigenvalue weighted by atomic mass is 9.94. The van der Waals surface area contributed by atoms with Crippen molar-refractivity contribution < 1.29 is 19.3 Å². The summed E-state index contributed by atoms with van der Waals surface area (Å²) in [6.45, 7) is 7.91. The molecule has 0 fully saturated rings. The van der Waals surface area contributed by atoms with E-state index in [1.807, 2.05) is 45.9 Å². The predicted octanol–water partition coefficient (Wildman–Crippen LogP) is 5.77. The molecule has 0 bridgehead atoms. The summed E-state index contributed by atoms with van der Waals surface area (Å²) < 4.78 is 21.0. The number of phenolic OH excluding ortho intramolecular Hbond substituents is 2. The average Bonchev–Trinajstić information content (AvgIpc) is 2.71. The van der Waals surface area contributed by atoms with Crippen molar-refractivity contribution in [2.75, 3.05) is 0 Å². The summed E-state index contributed by atoms with van der Waals surface area (Å²) >= 11 is 0. The molecule has 0 amide bonds. The van der Waals surface area contributed by atoms with Gasteiger partial charge in [0, 0.05) is 21.9 Å². The fourth-order valence-electron chi connectivity index (χ4n) is 4.70. The number of phenols is 2. The smallest absolute Gasteiger partial charge is 0.311 e. The van der Waals surface area contributed by atoms with Gasteiger partial charge in [-0.05, 0) is 68.1 Å². The van der Waals surface area contributed by atoms with Gasteiger partial charge in [0.2, 0.25) is 0 Å². The van der Waals surface area contributed by atoms with Crippen LogP contribution in [0.3, 0.4) is 0 Å². The highest BCUT2D eigenvalue weighted by atomic mass is 31.2. The van der Waals surface area contributed by atoms with Crippen molar-refractivity contribution >= 4 is 28.8 Å². The molecule has 0 spiro atoms. The van der Waals surface area contributed by atoms with Crippen molar-refractivity contribution in [3.63, 3.8) is 0 Å². The summed E-state index contributed by atoms with van der Waals surface area (Å²) in [6, 6.07) is 16.3. The van der Waals surface area contributed by atoms with Crippen LogP contribution in [-0.2, 0) is 4.57 Å². The molecular formula is C26H23O4P. The van der Waals surface area contributed by atoms with Crippen molar-refractivity contribution in [3.05, 3.63) is 76.9 Å². The van der Waals surface area contributed by atoms with Gasteiger partial charge in [-0.25, -0.2) is 0 Å². The fraction of sp³-hybridized carbons (Fsp3) is 0.154. The van der Waals surface area contributed by atoms with E-state index < -0.39 is 7.37 Å². The minimum atomic E-state index is -3.76. The highest BCUT2D eigenvalue weighted by molar-refractivity contribution is 7.75. The van der Waals surface area contributed by atoms with E-state index in [0.717, 1.165) is 33.4 Å². The second-order valence-corrected chi connectivity index (χ2v) is 10.6. The van der Waals surface area contributed by atoms with Gasteiger partial charge >= 0.3 is 7.37 Å². The first-order valence-corrected chi connectivity index (χ1v) is 11.8. The van der Waals surface area contributed by atoms with Gasteiger partial charge in [-0.1, -0.05) is 36.4 Å². The molecule has 2 N–H and O–H groups in total. The molecule has 0 aliphatic carbocycles. The van der Waals surface area contributed by atoms with Crippen LogP contribution in [0, 0.1) is 27.7 Å². The number of aromatic hydroxyl groups is 2. The third-order valence-electron chi connectivity index (χ3n) is 5.98. The number of fused-ring (bicyclic) bond motifs is 4. The Morgan fingerprint density at radius 2 is 1.42 bits per heavy atom. The number of hydrogen-bond donors (Lipinski definition) is 2. The van der Waals surface area contributed by atoms with E-state index in [9.17, 15) is 14.8 Å². The van der Waals surface area contributed by atoms with E-state index >= 15 is 0 Å². The van der Waals surface area contributed by atoms with Gasteiger partial charge in [0.1, 0.15) is 17.2 Å². The lowest BCUT2D eigenvalue weighted by Crippen LogP contribution is -2.27. The zero-order valence-electron chi connectivity index (χ0n) is 17.9. The van der Waals surface area contributed by atoms with Gasteiger partial charge in [0.05, 0.1) is 10.6 Å². The maximum absolute atomic E-state index is 14.7. The van der Waals surface area contributed by atoms with E-state index in [1.54, 1.807) is 24.3 Å². The largest absolute Gasteiger partial charge is 0.507 e. The Balaban J connectivity index is 1.91. The average molecular weight is 430 g/mol. The molecule has 5 heteroatoms. The summed E-state index contributed by atoms with van der Waals surface area (Å²) in [4.78, 5) is 0. The number of aryl methyl sites for hydroxylation is 4. The van der Waals surface area contributed by atoms with Crippen LogP contribution in [0.25, 0.3) is 21.9 Å². The minimum absolute atomic E-state index is 0.0421. The maximum atomic E-state index is 14.7. The predicted molar refractivity (Wildman–Crippen MR) is 126 cm³/mol. The van der Waals surface area contributed by atoms with E-state index in [1.165, 1.54) is 6.07 Å². The maximum Gasteiger partial charge on any atom is 0.311 e. The molecule has 0 saturated carbocycles. The Morgan fingerprint density at radius 1 is 0.774 bits per heavy atom. The monoisotopic (exact) mass is 430 g/mol. The van der Waals surface area contributed by atoms with Crippen LogP contribution >= 0.6 is 7.37 Å². The van der Waals surface area contributed by atoms with Gasteiger partial charge < -0.3 is 14.7 Å². The Bertz CT molecular complexity index is 1450. The third-order valence-corrected chi connectivity index (χ3v) is 8.38. The molecular weight excluding hydrogens is 407 g/mol. The first-order valence-electron chi connectivity index (χ1n) is 10.2. The summed E-state index contributed by atoms with van der Waals surface area (Å²) in [5, 5.41) is 23.4. The van der Waals surface area contributed by atoms with Crippen LogP contribution in [0.2, 0.25) is 0 Å². The first kappa shape index (κ1) is 19.7. The van der Waals surface area contributed by atoms with Crippen molar-refractivity contribution in [1.29, 1.82) is 0 Å². The van der Waals surface area contributed by atoms with Crippen LogP contribution in [0.15, 0.2) is 54.6 Å². The minimum Gasteiger partial charge on any atom is -0.507 e. The zero-order valence-corrected chi connectivity index (χ0v) is 18.7. The fourth-order valence-corrected chi connectivity index (χ4v) is 7.31. The normalized spacial score (nSPS) is 17.2. The molecule has 4 nitrogen and oxygen atoms in total. The summed E-state index contributed by atoms with van der Waals surface area (Å²) in [6.07, 6.45) is 0. The van der Waals surface area contributed by atoms with Crippen molar-refractivity contribution in [2.24, 2.45) is 0 Å². The van der Waals surface area contributed by atoms with E-state index in [2.05, 4.69) is 6.07 Å². The molecule has 5 rings (SSSR count). The molecule has 0 aromatic heterocycles. The molecule has 0 radical (unpaired) electrons. The van der Waals surface area contributed by atoms with E-state index in [0.29, 0.717) is 21.8 Å². The summed E-state index contributed by atoms with van der Waals surface area (Å²) in [7, 11) is -3.76. The SMILES string of the molecule is Cc1cc(C)c2c(c1)-c1c(C)cc(C)cc1P(=O)(c1cc(O)c3ccccc3c1O)O2. The first-order chi connectivity index (χ1) is 14.7. The second kappa shape index (κ2) is 6.63. The molecule has 1 unspecified atom stereocenters. The molecule has 31 heavy (non-hydrogen) atoms. The second-order valence-electron chi connectivity index (χ2n) is 8.39. The molecule has 1 aliphatic rings. The lowest BCUT2D eigenvalue weighted by molar-refractivity contribution is 0.467. The molecule has 1 atom stereocenters. The van der Waals surface area contributed by atoms with Crippen LogP contribution < -0.4 is 15.1 Å². The molecule has 1 aliphatic heterocycles. The molecule has 0 saturated heterocycles. The Morgan fingerprint density at radius 3 is 2.16 bits per heavy atom. The van der Waals surface area contributed by atoms with Gasteiger partial charge in [0.15, 0.2) is 0 Å². The molecule has 1 heterocycles. The van der Waals surface area contributed by atoms with Crippen molar-refractivity contribution in [1.82, 2.24) is 0 Å². The number of benzene rings is 4. The Labute approximate surface area is 181 Å². The summed E-state index contributed by atoms with van der Waals surface area (Å²) in [5.74, 6) is 0.384. The van der Waals surface area contributed by atoms with Crippen LogP contribution in [0.5, 0.6) is 17.2 Å². The Hall–Kier alpha value is -3.23. The van der Waals surface area contributed by atoms with Gasteiger partial charge in [-0.15, -0.1) is 0 Å². The summed E-state index contributed by atoms with van der Waals surface area (Å²) in [5.41, 5.74) is 5.70. The topological polar surface area (TPSA) is 66.8 Å². The van der Waals surface area contributed by atoms with Crippen LogP contribution in [-0.4, -0.2) is 10.2 Å². The quantitative estimate of drug-likeness (QED) is 0.297. The molecule has 4 aromatic carbocycles. The van der Waals surface area contributed by atoms with Gasteiger partial charge in [-0.2, -0.15) is 0 Å². The Kier molecular flexibility index (Phi) is 4.22. The van der Waals surface area contributed by atoms with E-state index in [4.69, 9.17) is 4.52 Å². The lowest BCUT2D eigenvalue weighted by Gasteiger charge is -2.32. The van der Waals surface area contributed by atoms with Crippen molar-refractivity contribution in [3.8, 4) is 28.4 Å². The number of hydrogen-bond acceptors (Lipinski definition) is 4. The standard InChI is InChI=1S/C26H23O4P/c1-14-10-17(4)26-20(11-14)24-16(3)9-15(2)12-22(24)31(29,30-26)23-13-21(27)18-7-5-6-8-19(18)25(23)28/h5-13,27-28H,1-4H3. The van der Waals surface area contributed by atoms with E-state index in [-0.39, 0.29) is 16.8 Å². The van der Waals surface area contributed by atoms with Crippen LogP contribution in [0.4, 0.5) is 0 Å². The van der Waals surface area contributed by atoms with Gasteiger partial charge in [0.25, 0.3) is 0 Å². The molecule has 156 valence electrons.